The number of alkyl halides is 4. The van der Waals surface area contributed by atoms with Crippen LogP contribution in [0.4, 0.5) is 18.9 Å². The highest BCUT2D eigenvalue weighted by atomic mass is 35.5. The van der Waals surface area contributed by atoms with Gasteiger partial charge in [-0.15, -0.1) is 11.6 Å². The summed E-state index contributed by atoms with van der Waals surface area (Å²) >= 11 is 5.34. The van der Waals surface area contributed by atoms with Crippen LogP contribution in [0.1, 0.15) is 11.4 Å². The monoisotopic (exact) mass is 210 g/mol. The zero-order chi connectivity index (χ0) is 10.1. The van der Waals surface area contributed by atoms with E-state index in [0.29, 0.717) is 0 Å². The predicted octanol–water partition coefficient (Wildman–Crippen LogP) is 2.42. The van der Waals surface area contributed by atoms with Gasteiger partial charge in [0.15, 0.2) is 0 Å². The zero-order valence-corrected chi connectivity index (χ0v) is 7.15. The van der Waals surface area contributed by atoms with Crippen molar-refractivity contribution in [3.8, 4) is 0 Å². The molecule has 0 fully saturated rings. The second-order valence-electron chi connectivity index (χ2n) is 2.36. The zero-order valence-electron chi connectivity index (χ0n) is 6.40. The lowest BCUT2D eigenvalue weighted by Crippen LogP contribution is -2.10. The van der Waals surface area contributed by atoms with Crippen molar-refractivity contribution < 1.29 is 13.2 Å². The Balaban J connectivity index is 3.14. The highest BCUT2D eigenvalue weighted by Crippen LogP contribution is 2.28. The molecule has 1 heterocycles. The van der Waals surface area contributed by atoms with Gasteiger partial charge in [-0.3, -0.25) is 0 Å². The number of hydrogen-bond acceptors (Lipinski definition) is 2. The third-order valence-electron chi connectivity index (χ3n) is 1.43. The van der Waals surface area contributed by atoms with Gasteiger partial charge in [0.1, 0.15) is 5.69 Å². The van der Waals surface area contributed by atoms with E-state index in [1.807, 2.05) is 0 Å². The van der Waals surface area contributed by atoms with E-state index in [1.54, 1.807) is 0 Å². The maximum absolute atomic E-state index is 12.1. The van der Waals surface area contributed by atoms with Gasteiger partial charge < -0.3 is 5.73 Å². The van der Waals surface area contributed by atoms with E-state index in [9.17, 15) is 13.2 Å². The maximum Gasteiger partial charge on any atom is 0.433 e. The summed E-state index contributed by atoms with van der Waals surface area (Å²) in [5.41, 5.74) is 4.58. The Morgan fingerprint density at radius 1 is 1.38 bits per heavy atom. The molecule has 72 valence electrons. The smallest absolute Gasteiger partial charge is 0.397 e. The molecule has 0 aliphatic heterocycles. The number of nitrogens with zero attached hydrogens (tertiary/aromatic N) is 1. The van der Waals surface area contributed by atoms with E-state index < -0.39 is 11.9 Å². The SMILES string of the molecule is Nc1ccc(C(F)(F)F)nc1CCl. The normalized spacial score (nSPS) is 11.7. The van der Waals surface area contributed by atoms with Gasteiger partial charge in [0.2, 0.25) is 0 Å². The van der Waals surface area contributed by atoms with Crippen LogP contribution in [0.25, 0.3) is 0 Å². The van der Waals surface area contributed by atoms with Crippen LogP contribution in [0.5, 0.6) is 0 Å². The van der Waals surface area contributed by atoms with Crippen LogP contribution in [0.15, 0.2) is 12.1 Å². The molecule has 0 bridgehead atoms. The van der Waals surface area contributed by atoms with Gasteiger partial charge >= 0.3 is 6.18 Å². The first-order valence-corrected chi connectivity index (χ1v) is 3.87. The molecule has 2 nitrogen and oxygen atoms in total. The molecule has 0 aliphatic carbocycles. The lowest BCUT2D eigenvalue weighted by molar-refractivity contribution is -0.141. The van der Waals surface area contributed by atoms with Crippen molar-refractivity contribution >= 4 is 17.3 Å². The van der Waals surface area contributed by atoms with Crippen LogP contribution >= 0.6 is 11.6 Å². The molecule has 13 heavy (non-hydrogen) atoms. The number of aromatic nitrogens is 1. The fourth-order valence-electron chi connectivity index (χ4n) is 0.777. The number of rotatable bonds is 1. The maximum atomic E-state index is 12.1. The van der Waals surface area contributed by atoms with Gasteiger partial charge in [-0.2, -0.15) is 13.2 Å². The van der Waals surface area contributed by atoms with E-state index in [4.69, 9.17) is 17.3 Å². The molecule has 0 spiro atoms. The van der Waals surface area contributed by atoms with E-state index in [0.717, 1.165) is 12.1 Å². The minimum atomic E-state index is -4.45. The Hall–Kier alpha value is -0.970. The number of pyridine rings is 1. The van der Waals surface area contributed by atoms with Gasteiger partial charge in [0.25, 0.3) is 0 Å². The highest BCUT2D eigenvalue weighted by molar-refractivity contribution is 6.17. The average molecular weight is 211 g/mol. The van der Waals surface area contributed by atoms with Crippen molar-refractivity contribution in [2.75, 3.05) is 5.73 Å². The van der Waals surface area contributed by atoms with Gasteiger partial charge in [0, 0.05) is 0 Å². The van der Waals surface area contributed by atoms with Crippen molar-refractivity contribution in [2.45, 2.75) is 12.1 Å². The van der Waals surface area contributed by atoms with Crippen LogP contribution in [-0.4, -0.2) is 4.98 Å². The minimum absolute atomic E-state index is 0.0523. The number of hydrogen-bond donors (Lipinski definition) is 1. The van der Waals surface area contributed by atoms with E-state index >= 15 is 0 Å². The van der Waals surface area contributed by atoms with Crippen LogP contribution in [0, 0.1) is 0 Å². The van der Waals surface area contributed by atoms with Crippen molar-refractivity contribution in [3.63, 3.8) is 0 Å². The summed E-state index contributed by atoms with van der Waals surface area (Å²) in [6, 6.07) is 1.97. The fourth-order valence-corrected chi connectivity index (χ4v) is 0.991. The molecular formula is C7H6ClF3N2. The first-order chi connectivity index (χ1) is 5.95. The summed E-state index contributed by atoms with van der Waals surface area (Å²) in [4.78, 5) is 3.28. The summed E-state index contributed by atoms with van der Waals surface area (Å²) in [5.74, 6) is -0.129. The molecule has 0 saturated heterocycles. The van der Waals surface area contributed by atoms with E-state index in [1.165, 1.54) is 0 Å². The summed E-state index contributed by atoms with van der Waals surface area (Å²) in [6.07, 6.45) is -4.45. The first kappa shape index (κ1) is 10.1. The quantitative estimate of drug-likeness (QED) is 0.723. The largest absolute Gasteiger partial charge is 0.433 e. The van der Waals surface area contributed by atoms with E-state index in [2.05, 4.69) is 4.98 Å². The third kappa shape index (κ3) is 2.24. The van der Waals surface area contributed by atoms with Crippen molar-refractivity contribution in [1.29, 1.82) is 0 Å². The lowest BCUT2D eigenvalue weighted by Gasteiger charge is -2.07. The molecule has 2 N–H and O–H groups in total. The molecule has 0 aromatic carbocycles. The summed E-state index contributed by atoms with van der Waals surface area (Å²) < 4.78 is 36.3. The number of nitrogen functional groups attached to an aromatic ring is 1. The Bertz CT molecular complexity index is 311. The highest BCUT2D eigenvalue weighted by Gasteiger charge is 2.32. The summed E-state index contributed by atoms with van der Waals surface area (Å²) in [7, 11) is 0. The third-order valence-corrected chi connectivity index (χ3v) is 1.68. The molecule has 1 rings (SSSR count). The number of anilines is 1. The van der Waals surface area contributed by atoms with Crippen LogP contribution in [0.3, 0.4) is 0 Å². The molecule has 6 heteroatoms. The van der Waals surface area contributed by atoms with Gasteiger partial charge in [-0.1, -0.05) is 0 Å². The van der Waals surface area contributed by atoms with Gasteiger partial charge in [-0.25, -0.2) is 4.98 Å². The summed E-state index contributed by atoms with van der Waals surface area (Å²) in [5, 5.41) is 0. The molecule has 0 atom stereocenters. The Labute approximate surface area is 77.5 Å². The topological polar surface area (TPSA) is 38.9 Å². The molecule has 0 unspecified atom stereocenters. The average Bonchev–Trinajstić information content (AvgIpc) is 2.03. The van der Waals surface area contributed by atoms with Crippen LogP contribution in [0.2, 0.25) is 0 Å². The Morgan fingerprint density at radius 3 is 2.46 bits per heavy atom. The van der Waals surface area contributed by atoms with E-state index in [-0.39, 0.29) is 17.3 Å². The Morgan fingerprint density at radius 2 is 2.00 bits per heavy atom. The molecule has 1 aromatic heterocycles. The minimum Gasteiger partial charge on any atom is -0.397 e. The molecule has 1 aromatic rings. The molecule has 0 amide bonds. The van der Waals surface area contributed by atoms with Crippen molar-refractivity contribution in [3.05, 3.63) is 23.5 Å². The number of nitrogens with two attached hydrogens (primary N) is 1. The number of halogens is 4. The molecule has 0 aliphatic rings. The molecule has 0 saturated carbocycles. The van der Waals surface area contributed by atoms with Gasteiger partial charge in [0.05, 0.1) is 17.3 Å². The predicted molar refractivity (Wildman–Crippen MR) is 43.2 cm³/mol. The second-order valence-corrected chi connectivity index (χ2v) is 2.63. The fraction of sp³-hybridized carbons (Fsp3) is 0.286. The first-order valence-electron chi connectivity index (χ1n) is 3.33. The summed E-state index contributed by atoms with van der Waals surface area (Å²) in [6.45, 7) is 0. The lowest BCUT2D eigenvalue weighted by atomic mass is 10.2. The van der Waals surface area contributed by atoms with Crippen LogP contribution in [-0.2, 0) is 12.1 Å². The van der Waals surface area contributed by atoms with Crippen molar-refractivity contribution in [1.82, 2.24) is 4.98 Å². The standard InChI is InChI=1S/C7H6ClF3N2/c8-3-5-4(12)1-2-6(13-5)7(9,10)11/h1-2H,3,12H2. The Kier molecular flexibility index (Phi) is 2.66. The van der Waals surface area contributed by atoms with Gasteiger partial charge in [-0.05, 0) is 12.1 Å². The second kappa shape index (κ2) is 3.41. The van der Waals surface area contributed by atoms with Crippen LogP contribution < -0.4 is 5.73 Å². The molecule has 0 radical (unpaired) electrons. The van der Waals surface area contributed by atoms with Crippen molar-refractivity contribution in [2.24, 2.45) is 0 Å². The molecular weight excluding hydrogens is 205 g/mol.